The average molecular weight is 658 g/mol. The van der Waals surface area contributed by atoms with E-state index in [1.54, 1.807) is 18.2 Å². The van der Waals surface area contributed by atoms with Gasteiger partial charge in [-0.15, -0.1) is 0 Å². The molecule has 0 spiro atoms. The Bertz CT molecular complexity index is 1350. The monoisotopic (exact) mass is 657 g/mol. The number of carbonyl (C=O) groups excluding carboxylic acids is 2. The van der Waals surface area contributed by atoms with Crippen molar-refractivity contribution in [3.63, 3.8) is 0 Å². The zero-order chi connectivity index (χ0) is 25.8. The van der Waals surface area contributed by atoms with E-state index in [9.17, 15) is 14.0 Å². The number of amides is 2. The Balaban J connectivity index is 1.58. The van der Waals surface area contributed by atoms with Gasteiger partial charge in [0.2, 0.25) is 0 Å². The molecule has 0 saturated carbocycles. The van der Waals surface area contributed by atoms with E-state index in [1.807, 2.05) is 31.2 Å². The fraction of sp³-hybridized carbons (Fsp3) is 0.154. The van der Waals surface area contributed by atoms with Crippen LogP contribution in [-0.2, 0) is 17.9 Å². The second-order valence-corrected chi connectivity index (χ2v) is 10.6. The van der Waals surface area contributed by atoms with Gasteiger partial charge >= 0.3 is 0 Å². The molecule has 1 saturated heterocycles. The van der Waals surface area contributed by atoms with Crippen molar-refractivity contribution in [3.8, 4) is 11.5 Å². The second kappa shape index (κ2) is 11.9. The third kappa shape index (κ3) is 5.99. The Morgan fingerprint density at radius 1 is 1.06 bits per heavy atom. The van der Waals surface area contributed by atoms with Crippen molar-refractivity contribution in [1.29, 1.82) is 0 Å². The van der Waals surface area contributed by atoms with Gasteiger partial charge < -0.3 is 9.47 Å². The number of thioether (sulfide) groups is 1. The van der Waals surface area contributed by atoms with Crippen molar-refractivity contribution < 1.29 is 23.5 Å². The lowest BCUT2D eigenvalue weighted by Gasteiger charge is -2.15. The molecule has 0 atom stereocenters. The number of hydrogen-bond acceptors (Lipinski definition) is 5. The SMILES string of the molecule is CCOc1cc(/C=C2\SC(=O)N(Cc3c(F)cccc3Cl)C2=O)cc(I)c1OCc1ccccc1Cl. The number of nitrogens with zero attached hydrogens (tertiary/aromatic N) is 1. The summed E-state index contributed by atoms with van der Waals surface area (Å²) in [7, 11) is 0. The summed E-state index contributed by atoms with van der Waals surface area (Å²) in [5.41, 5.74) is 1.59. The maximum absolute atomic E-state index is 14.2. The first-order valence-corrected chi connectivity index (χ1v) is 13.4. The standard InChI is InChI=1S/C26H19Cl2FINO4S/c1-2-34-22-11-15(10-21(30)24(22)35-14-16-6-3-4-7-18(16)27)12-23-25(32)31(26(33)36-23)13-17-19(28)8-5-9-20(17)29/h3-12H,2,13-14H2,1H3/b23-12-. The summed E-state index contributed by atoms with van der Waals surface area (Å²) < 4.78 is 26.8. The van der Waals surface area contributed by atoms with Gasteiger partial charge in [-0.25, -0.2) is 4.39 Å². The van der Waals surface area contributed by atoms with Gasteiger partial charge in [0.1, 0.15) is 12.4 Å². The van der Waals surface area contributed by atoms with Gasteiger partial charge in [-0.1, -0.05) is 47.5 Å². The van der Waals surface area contributed by atoms with Crippen LogP contribution in [0.1, 0.15) is 23.6 Å². The fourth-order valence-corrected chi connectivity index (χ4v) is 5.50. The van der Waals surface area contributed by atoms with Gasteiger partial charge in [0.25, 0.3) is 11.1 Å². The predicted molar refractivity (Wildman–Crippen MR) is 149 cm³/mol. The molecule has 1 fully saturated rings. The Labute approximate surface area is 235 Å². The van der Waals surface area contributed by atoms with E-state index in [2.05, 4.69) is 22.6 Å². The fourth-order valence-electron chi connectivity index (χ4n) is 3.47. The number of rotatable bonds is 8. The quantitative estimate of drug-likeness (QED) is 0.182. The van der Waals surface area contributed by atoms with Crippen LogP contribution in [0.3, 0.4) is 0 Å². The van der Waals surface area contributed by atoms with E-state index in [-0.39, 0.29) is 28.6 Å². The highest BCUT2D eigenvalue weighted by Crippen LogP contribution is 2.39. The predicted octanol–water partition coefficient (Wildman–Crippen LogP) is 7.95. The van der Waals surface area contributed by atoms with Crippen molar-refractivity contribution in [3.05, 3.63) is 95.6 Å². The smallest absolute Gasteiger partial charge is 0.293 e. The number of hydrogen-bond donors (Lipinski definition) is 0. The average Bonchev–Trinajstić information content (AvgIpc) is 3.09. The van der Waals surface area contributed by atoms with E-state index in [4.69, 9.17) is 32.7 Å². The molecule has 2 amide bonds. The minimum Gasteiger partial charge on any atom is -0.490 e. The van der Waals surface area contributed by atoms with Crippen LogP contribution in [0.4, 0.5) is 9.18 Å². The third-order valence-corrected chi connectivity index (χ3v) is 7.64. The van der Waals surface area contributed by atoms with Crippen LogP contribution in [0.5, 0.6) is 11.5 Å². The lowest BCUT2D eigenvalue weighted by molar-refractivity contribution is -0.123. The summed E-state index contributed by atoms with van der Waals surface area (Å²) in [4.78, 5) is 26.7. The maximum atomic E-state index is 14.2. The van der Waals surface area contributed by atoms with Crippen molar-refractivity contribution in [2.75, 3.05) is 6.61 Å². The van der Waals surface area contributed by atoms with Crippen LogP contribution in [0.2, 0.25) is 10.0 Å². The van der Waals surface area contributed by atoms with Gasteiger partial charge in [-0.05, 0) is 83.2 Å². The molecule has 0 radical (unpaired) electrons. The van der Waals surface area contributed by atoms with Crippen LogP contribution >= 0.6 is 57.6 Å². The zero-order valence-electron chi connectivity index (χ0n) is 18.9. The lowest BCUT2D eigenvalue weighted by atomic mass is 10.1. The summed E-state index contributed by atoms with van der Waals surface area (Å²) in [5, 5.41) is 0.265. The van der Waals surface area contributed by atoms with E-state index in [1.165, 1.54) is 18.2 Å². The van der Waals surface area contributed by atoms with E-state index in [0.29, 0.717) is 28.7 Å². The molecule has 4 rings (SSSR count). The highest BCUT2D eigenvalue weighted by Gasteiger charge is 2.36. The molecule has 3 aromatic rings. The highest BCUT2D eigenvalue weighted by molar-refractivity contribution is 14.1. The Hall–Kier alpha value is -2.27. The molecule has 186 valence electrons. The molecule has 0 aliphatic carbocycles. The third-order valence-electron chi connectivity index (χ3n) is 5.21. The number of imide groups is 1. The Morgan fingerprint density at radius 2 is 1.81 bits per heavy atom. The first-order chi connectivity index (χ1) is 17.3. The number of halogens is 4. The Kier molecular flexibility index (Phi) is 8.82. The van der Waals surface area contributed by atoms with Gasteiger partial charge in [0, 0.05) is 21.2 Å². The minimum absolute atomic E-state index is 0.0934. The van der Waals surface area contributed by atoms with E-state index in [0.717, 1.165) is 25.8 Å². The molecule has 3 aromatic carbocycles. The van der Waals surface area contributed by atoms with E-state index < -0.39 is 17.0 Å². The summed E-state index contributed by atoms with van der Waals surface area (Å²) in [6.45, 7) is 2.27. The Morgan fingerprint density at radius 3 is 2.53 bits per heavy atom. The summed E-state index contributed by atoms with van der Waals surface area (Å²) in [6, 6.07) is 15.2. The molecule has 1 aliphatic heterocycles. The normalized spacial score (nSPS) is 14.6. The van der Waals surface area contributed by atoms with Gasteiger partial charge in [-0.2, -0.15) is 0 Å². The maximum Gasteiger partial charge on any atom is 0.293 e. The summed E-state index contributed by atoms with van der Waals surface area (Å²) >= 11 is 15.2. The molecular formula is C26H19Cl2FINO4S. The van der Waals surface area contributed by atoms with E-state index >= 15 is 0 Å². The zero-order valence-corrected chi connectivity index (χ0v) is 23.4. The van der Waals surface area contributed by atoms with Crippen LogP contribution in [0.25, 0.3) is 6.08 Å². The van der Waals surface area contributed by atoms with Crippen molar-refractivity contribution in [2.45, 2.75) is 20.1 Å². The first kappa shape index (κ1) is 26.8. The van der Waals surface area contributed by atoms with Crippen LogP contribution < -0.4 is 9.47 Å². The molecular weight excluding hydrogens is 639 g/mol. The van der Waals surface area contributed by atoms with Crippen LogP contribution in [0.15, 0.2) is 59.5 Å². The molecule has 1 aliphatic rings. The van der Waals surface area contributed by atoms with Gasteiger partial charge in [-0.3, -0.25) is 14.5 Å². The number of benzene rings is 3. The van der Waals surface area contributed by atoms with Crippen LogP contribution in [-0.4, -0.2) is 22.7 Å². The van der Waals surface area contributed by atoms with Crippen molar-refractivity contribution >= 4 is 74.8 Å². The van der Waals surface area contributed by atoms with Gasteiger partial charge in [0.05, 0.1) is 21.6 Å². The minimum atomic E-state index is -0.575. The summed E-state index contributed by atoms with van der Waals surface area (Å²) in [6.07, 6.45) is 1.61. The lowest BCUT2D eigenvalue weighted by Crippen LogP contribution is -2.28. The number of carbonyl (C=O) groups is 2. The first-order valence-electron chi connectivity index (χ1n) is 10.8. The molecule has 0 aromatic heterocycles. The van der Waals surface area contributed by atoms with Crippen molar-refractivity contribution in [2.24, 2.45) is 0 Å². The molecule has 1 heterocycles. The number of ether oxygens (including phenoxy) is 2. The topological polar surface area (TPSA) is 55.8 Å². The van der Waals surface area contributed by atoms with Gasteiger partial charge in [0.15, 0.2) is 11.5 Å². The molecule has 0 N–H and O–H groups in total. The highest BCUT2D eigenvalue weighted by atomic mass is 127. The second-order valence-electron chi connectivity index (χ2n) is 7.61. The largest absolute Gasteiger partial charge is 0.490 e. The molecule has 0 bridgehead atoms. The molecule has 5 nitrogen and oxygen atoms in total. The van der Waals surface area contributed by atoms with Crippen molar-refractivity contribution in [1.82, 2.24) is 4.90 Å². The molecule has 36 heavy (non-hydrogen) atoms. The molecule has 0 unspecified atom stereocenters. The van der Waals surface area contributed by atoms with Crippen LogP contribution in [0, 0.1) is 9.39 Å². The molecule has 10 heteroatoms. The summed E-state index contributed by atoms with van der Waals surface area (Å²) in [5.74, 6) is -0.0398.